The average Bonchev–Trinajstić information content (AvgIpc) is 3.32. The fourth-order valence-electron chi connectivity index (χ4n) is 7.31. The van der Waals surface area contributed by atoms with Gasteiger partial charge in [-0.25, -0.2) is 15.0 Å². The predicted molar refractivity (Wildman–Crippen MR) is 216 cm³/mol. The molecule has 0 spiro atoms. The highest BCUT2D eigenvalue weighted by Crippen LogP contribution is 2.40. The van der Waals surface area contributed by atoms with Gasteiger partial charge < -0.3 is 4.57 Å². The summed E-state index contributed by atoms with van der Waals surface area (Å²) in [5.41, 5.74) is 8.01. The Balaban J connectivity index is 1.14. The maximum atomic E-state index is 4.98. The molecule has 0 amide bonds. The van der Waals surface area contributed by atoms with Crippen LogP contribution in [-0.4, -0.2) is 19.5 Å². The van der Waals surface area contributed by atoms with Gasteiger partial charge in [0, 0.05) is 66.2 Å². The van der Waals surface area contributed by atoms with Crippen molar-refractivity contribution in [1.29, 1.82) is 0 Å². The lowest BCUT2D eigenvalue weighted by atomic mass is 9.75. The van der Waals surface area contributed by atoms with Crippen molar-refractivity contribution in [3.05, 3.63) is 167 Å². The Kier molecular flexibility index (Phi) is 8.03. The largest absolute Gasteiger partial charge is 0.310 e. The fraction of sp³-hybridized carbons (Fsp3) is 0.0851. The van der Waals surface area contributed by atoms with Crippen molar-refractivity contribution in [1.82, 2.24) is 19.5 Å². The number of nitrogens with zero attached hydrogens (tertiary/aromatic N) is 4. The molecular weight excluding hydrogens is 653 g/mol. The van der Waals surface area contributed by atoms with Crippen molar-refractivity contribution in [2.75, 3.05) is 0 Å². The third kappa shape index (κ3) is 5.78. The Morgan fingerprint density at radius 3 is 1.98 bits per heavy atom. The Bertz CT molecular complexity index is 2690. The first kappa shape index (κ1) is 31.7. The van der Waals surface area contributed by atoms with Crippen LogP contribution in [0.2, 0.25) is 0 Å². The molecule has 5 heteroatoms. The molecule has 2 aliphatic carbocycles. The first-order valence-electron chi connectivity index (χ1n) is 17.5. The number of allylic oxidation sites excluding steroid dienone is 4. The van der Waals surface area contributed by atoms with Gasteiger partial charge in [0.05, 0.1) is 5.52 Å². The van der Waals surface area contributed by atoms with Gasteiger partial charge in [-0.1, -0.05) is 140 Å². The Morgan fingerprint density at radius 1 is 0.673 bits per heavy atom. The highest BCUT2D eigenvalue weighted by molar-refractivity contribution is 7.80. The summed E-state index contributed by atoms with van der Waals surface area (Å²) in [5.74, 6) is 8.75. The van der Waals surface area contributed by atoms with Crippen LogP contribution < -0.4 is 10.6 Å². The number of benzene rings is 5. The average molecular weight is 687 g/mol. The molecule has 9 rings (SSSR count). The quantitative estimate of drug-likeness (QED) is 0.140. The Morgan fingerprint density at radius 2 is 1.29 bits per heavy atom. The van der Waals surface area contributed by atoms with E-state index in [1.807, 2.05) is 72.8 Å². The minimum absolute atomic E-state index is 0.241. The number of thiol groups is 1. The molecule has 0 fully saturated rings. The van der Waals surface area contributed by atoms with Crippen LogP contribution in [0.15, 0.2) is 156 Å². The second kappa shape index (κ2) is 13.2. The molecule has 248 valence electrons. The first-order chi connectivity index (χ1) is 25.5. The summed E-state index contributed by atoms with van der Waals surface area (Å²) in [6, 6.07) is 45.6. The van der Waals surface area contributed by atoms with E-state index in [-0.39, 0.29) is 5.41 Å². The molecule has 2 aliphatic rings. The topological polar surface area (TPSA) is 43.6 Å². The fourth-order valence-corrected chi connectivity index (χ4v) is 7.57. The lowest BCUT2D eigenvalue weighted by molar-refractivity contribution is 0.580. The van der Waals surface area contributed by atoms with Crippen LogP contribution in [0.1, 0.15) is 25.3 Å². The number of fused-ring (bicyclic) bond motifs is 3. The monoisotopic (exact) mass is 686 g/mol. The second-order valence-corrected chi connectivity index (χ2v) is 13.9. The molecule has 0 radical (unpaired) electrons. The van der Waals surface area contributed by atoms with Crippen molar-refractivity contribution in [3.63, 3.8) is 0 Å². The van der Waals surface area contributed by atoms with Crippen LogP contribution in [0, 0.1) is 17.3 Å². The zero-order chi connectivity index (χ0) is 35.1. The van der Waals surface area contributed by atoms with Gasteiger partial charge in [0.2, 0.25) is 0 Å². The summed E-state index contributed by atoms with van der Waals surface area (Å²) in [6.45, 7) is 2.34. The zero-order valence-corrected chi connectivity index (χ0v) is 29.6. The maximum absolute atomic E-state index is 4.98. The molecule has 2 aromatic heterocycles. The highest BCUT2D eigenvalue weighted by atomic mass is 32.1. The number of hydrogen-bond donors (Lipinski definition) is 1. The molecule has 5 aromatic carbocycles. The summed E-state index contributed by atoms with van der Waals surface area (Å²) < 4.78 is 2.39. The van der Waals surface area contributed by atoms with Crippen LogP contribution in [-0.2, 0) is 0 Å². The van der Waals surface area contributed by atoms with Gasteiger partial charge >= 0.3 is 0 Å². The van der Waals surface area contributed by atoms with Gasteiger partial charge in [0.1, 0.15) is 0 Å². The molecule has 4 nitrogen and oxygen atoms in total. The van der Waals surface area contributed by atoms with Gasteiger partial charge in [-0.2, -0.15) is 0 Å². The lowest BCUT2D eigenvalue weighted by Gasteiger charge is -2.29. The van der Waals surface area contributed by atoms with Gasteiger partial charge in [-0.3, -0.25) is 0 Å². The highest BCUT2D eigenvalue weighted by Gasteiger charge is 2.29. The van der Waals surface area contributed by atoms with E-state index in [0.29, 0.717) is 23.9 Å². The van der Waals surface area contributed by atoms with Crippen LogP contribution in [0.3, 0.4) is 0 Å². The number of para-hydroxylation sites is 2. The van der Waals surface area contributed by atoms with E-state index in [4.69, 9.17) is 27.6 Å². The third-order valence-corrected chi connectivity index (χ3v) is 10.4. The molecule has 0 bridgehead atoms. The Hall–Kier alpha value is -6.22. The summed E-state index contributed by atoms with van der Waals surface area (Å²) in [7, 11) is 0. The van der Waals surface area contributed by atoms with Crippen molar-refractivity contribution in [2.24, 2.45) is 5.41 Å². The van der Waals surface area contributed by atoms with Gasteiger partial charge in [-0.15, -0.1) is 12.6 Å². The van der Waals surface area contributed by atoms with Crippen molar-refractivity contribution >= 4 is 41.3 Å². The molecule has 0 saturated carbocycles. The molecule has 2 heterocycles. The van der Waals surface area contributed by atoms with Crippen molar-refractivity contribution in [2.45, 2.75) is 24.7 Å². The van der Waals surface area contributed by atoms with E-state index in [0.717, 1.165) is 39.1 Å². The van der Waals surface area contributed by atoms with Crippen LogP contribution >= 0.6 is 12.6 Å². The summed E-state index contributed by atoms with van der Waals surface area (Å²) >= 11 is 4.95. The van der Waals surface area contributed by atoms with Crippen LogP contribution in [0.4, 0.5) is 0 Å². The van der Waals surface area contributed by atoms with E-state index in [1.165, 1.54) is 32.7 Å². The number of aromatic nitrogens is 4. The maximum Gasteiger partial charge on any atom is 0.164 e. The van der Waals surface area contributed by atoms with E-state index >= 15 is 0 Å². The van der Waals surface area contributed by atoms with Crippen LogP contribution in [0.25, 0.3) is 68.5 Å². The SMILES string of the molecule is CC1(C2=CCC#CC(c3cc(-c4nc(-c5ccccc5)nc(-c5ccccc5)n4)ccc3S)=C2)C=c2c(n(-c3ccccc3)c3ccccc23)=CC1. The van der Waals surface area contributed by atoms with Crippen molar-refractivity contribution < 1.29 is 0 Å². The summed E-state index contributed by atoms with van der Waals surface area (Å²) in [5, 5.41) is 3.77. The first-order valence-corrected chi connectivity index (χ1v) is 18.0. The number of rotatable bonds is 6. The predicted octanol–water partition coefficient (Wildman–Crippen LogP) is 9.49. The minimum atomic E-state index is -0.241. The second-order valence-electron chi connectivity index (χ2n) is 13.5. The number of hydrogen-bond acceptors (Lipinski definition) is 4. The van der Waals surface area contributed by atoms with E-state index in [1.54, 1.807) is 0 Å². The third-order valence-electron chi connectivity index (χ3n) is 10.00. The molecule has 7 aromatic rings. The molecule has 1 unspecified atom stereocenters. The zero-order valence-electron chi connectivity index (χ0n) is 28.7. The smallest absolute Gasteiger partial charge is 0.164 e. The summed E-state index contributed by atoms with van der Waals surface area (Å²) in [6.07, 6.45) is 11.0. The van der Waals surface area contributed by atoms with Crippen molar-refractivity contribution in [3.8, 4) is 51.7 Å². The van der Waals surface area contributed by atoms with Gasteiger partial charge in [0.25, 0.3) is 0 Å². The molecule has 1 atom stereocenters. The minimum Gasteiger partial charge on any atom is -0.310 e. The molecule has 52 heavy (non-hydrogen) atoms. The molecule has 0 aliphatic heterocycles. The molecule has 0 N–H and O–H groups in total. The van der Waals surface area contributed by atoms with Gasteiger partial charge in [-0.05, 0) is 48.4 Å². The summed E-state index contributed by atoms with van der Waals surface area (Å²) in [4.78, 5) is 15.7. The van der Waals surface area contributed by atoms with E-state index in [2.05, 4.69) is 108 Å². The Labute approximate surface area is 308 Å². The standard InChI is InChI=1S/C47H34N4S/c1-47(28-27-42-40(31-47)38-23-13-14-24-41(38)51(42)37-21-9-4-10-22-37)36-20-12-11-19-34(29-36)39-30-35(25-26-43(39)52)46-49-44(32-15-5-2-6-16-32)48-45(50-46)33-17-7-3-8-18-33/h2-10,13-18,20-27,29-31,52H,12,28H2,1H3. The lowest BCUT2D eigenvalue weighted by Crippen LogP contribution is -2.35. The van der Waals surface area contributed by atoms with E-state index in [9.17, 15) is 0 Å². The van der Waals surface area contributed by atoms with Crippen LogP contribution in [0.5, 0.6) is 0 Å². The van der Waals surface area contributed by atoms with Gasteiger partial charge in [0.15, 0.2) is 17.5 Å². The normalized spacial score (nSPS) is 16.3. The molecular formula is C47H34N4S. The molecule has 0 saturated heterocycles. The van der Waals surface area contributed by atoms with E-state index < -0.39 is 0 Å².